The molecule has 23 heavy (non-hydrogen) atoms. The van der Waals surface area contributed by atoms with Gasteiger partial charge in [-0.3, -0.25) is 0 Å². The minimum Gasteiger partial charge on any atom is -0.393 e. The normalized spacial score (nSPS) is 51.5. The molecule has 128 valence electrons. The van der Waals surface area contributed by atoms with Crippen molar-refractivity contribution in [3.05, 3.63) is 23.3 Å². The van der Waals surface area contributed by atoms with Crippen molar-refractivity contribution in [3.63, 3.8) is 0 Å². The molecular formula is C22H34O. The average Bonchev–Trinajstić information content (AvgIpc) is 2.54. The van der Waals surface area contributed by atoms with Crippen molar-refractivity contribution in [2.75, 3.05) is 0 Å². The van der Waals surface area contributed by atoms with Gasteiger partial charge in [0.05, 0.1) is 6.10 Å². The molecule has 0 radical (unpaired) electrons. The van der Waals surface area contributed by atoms with E-state index in [-0.39, 0.29) is 6.10 Å². The first-order valence-electron chi connectivity index (χ1n) is 10.0. The largest absolute Gasteiger partial charge is 0.393 e. The molecule has 0 bridgehead atoms. The van der Waals surface area contributed by atoms with E-state index in [0.29, 0.717) is 10.8 Å². The average molecular weight is 315 g/mol. The molecule has 0 heterocycles. The maximum Gasteiger partial charge on any atom is 0.0577 e. The van der Waals surface area contributed by atoms with Crippen molar-refractivity contribution in [2.24, 2.45) is 28.6 Å². The Bertz CT molecular complexity index is 544. The standard InChI is InChI=1S/C22H34O/c1-4-15-6-5-7-19-18-9-8-16-14-17(23)10-12-22(16,3)20(18)11-13-21(15,19)2/h4,8,17-20,23H,5-7,9-14H2,1-3H3/b15-4-/t17-,18-,19-,20-,21+,22-/m0/s1. The van der Waals surface area contributed by atoms with Crippen LogP contribution in [-0.2, 0) is 0 Å². The van der Waals surface area contributed by atoms with Crippen LogP contribution in [0.25, 0.3) is 0 Å². The molecule has 6 atom stereocenters. The molecule has 0 aromatic heterocycles. The maximum absolute atomic E-state index is 10.1. The van der Waals surface area contributed by atoms with Crippen molar-refractivity contribution in [1.82, 2.24) is 0 Å². The molecule has 0 aromatic rings. The Balaban J connectivity index is 1.69. The van der Waals surface area contributed by atoms with Crippen molar-refractivity contribution >= 4 is 0 Å². The van der Waals surface area contributed by atoms with Crippen LogP contribution in [0.4, 0.5) is 0 Å². The van der Waals surface area contributed by atoms with Crippen LogP contribution in [0.5, 0.6) is 0 Å². The van der Waals surface area contributed by atoms with Gasteiger partial charge in [0.1, 0.15) is 0 Å². The SMILES string of the molecule is C/C=C1/CCC[C@H]2[C@@H]3CC=C4C[C@@H](O)CC[C@]4(C)[C@H]3CC[C@]12C. The number of rotatable bonds is 0. The van der Waals surface area contributed by atoms with Crippen molar-refractivity contribution in [1.29, 1.82) is 0 Å². The van der Waals surface area contributed by atoms with Gasteiger partial charge in [-0.1, -0.05) is 37.1 Å². The second-order valence-corrected chi connectivity index (χ2v) is 9.32. The van der Waals surface area contributed by atoms with Gasteiger partial charge in [-0.15, -0.1) is 0 Å². The molecular weight excluding hydrogens is 280 g/mol. The zero-order valence-corrected chi connectivity index (χ0v) is 15.3. The molecule has 3 fully saturated rings. The summed E-state index contributed by atoms with van der Waals surface area (Å²) in [6.45, 7) is 7.37. The van der Waals surface area contributed by atoms with Gasteiger partial charge in [-0.25, -0.2) is 0 Å². The number of fused-ring (bicyclic) bond motifs is 5. The predicted octanol–water partition coefficient (Wildman–Crippen LogP) is 5.65. The molecule has 1 N–H and O–H groups in total. The molecule has 0 saturated heterocycles. The van der Waals surface area contributed by atoms with Crippen LogP contribution < -0.4 is 0 Å². The third-order valence-corrected chi connectivity index (χ3v) is 8.51. The Kier molecular flexibility index (Phi) is 3.80. The first kappa shape index (κ1) is 15.9. The van der Waals surface area contributed by atoms with E-state index in [9.17, 15) is 5.11 Å². The molecule has 4 aliphatic rings. The molecule has 3 saturated carbocycles. The highest BCUT2D eigenvalue weighted by molar-refractivity contribution is 5.28. The first-order valence-corrected chi connectivity index (χ1v) is 10.0. The lowest BCUT2D eigenvalue weighted by Gasteiger charge is -2.60. The van der Waals surface area contributed by atoms with Gasteiger partial charge in [0.2, 0.25) is 0 Å². The van der Waals surface area contributed by atoms with Gasteiger partial charge in [0.15, 0.2) is 0 Å². The van der Waals surface area contributed by atoms with Crippen molar-refractivity contribution in [2.45, 2.75) is 84.7 Å². The highest BCUT2D eigenvalue weighted by Gasteiger charge is 2.55. The topological polar surface area (TPSA) is 20.2 Å². The Hall–Kier alpha value is -0.560. The second kappa shape index (κ2) is 5.48. The monoisotopic (exact) mass is 314 g/mol. The highest BCUT2D eigenvalue weighted by atomic mass is 16.3. The third kappa shape index (κ3) is 2.22. The van der Waals surface area contributed by atoms with Crippen LogP contribution in [0.15, 0.2) is 23.3 Å². The van der Waals surface area contributed by atoms with Gasteiger partial charge >= 0.3 is 0 Å². The fourth-order valence-electron chi connectivity index (χ4n) is 7.17. The summed E-state index contributed by atoms with van der Waals surface area (Å²) < 4.78 is 0. The van der Waals surface area contributed by atoms with Gasteiger partial charge in [0, 0.05) is 0 Å². The van der Waals surface area contributed by atoms with E-state index in [4.69, 9.17) is 0 Å². The Labute approximate surface area is 142 Å². The van der Waals surface area contributed by atoms with Crippen LogP contribution in [0, 0.1) is 28.6 Å². The Morgan fingerprint density at radius 3 is 2.61 bits per heavy atom. The van der Waals surface area contributed by atoms with E-state index < -0.39 is 0 Å². The molecule has 0 unspecified atom stereocenters. The Morgan fingerprint density at radius 1 is 1.09 bits per heavy atom. The summed E-state index contributed by atoms with van der Waals surface area (Å²) in [4.78, 5) is 0. The van der Waals surface area contributed by atoms with Crippen LogP contribution in [0.1, 0.15) is 78.6 Å². The summed E-state index contributed by atoms with van der Waals surface area (Å²) in [6.07, 6.45) is 16.3. The summed E-state index contributed by atoms with van der Waals surface area (Å²) in [7, 11) is 0. The molecule has 4 rings (SSSR count). The van der Waals surface area contributed by atoms with Crippen LogP contribution >= 0.6 is 0 Å². The smallest absolute Gasteiger partial charge is 0.0577 e. The molecule has 0 aliphatic heterocycles. The number of aliphatic hydroxyl groups is 1. The summed E-state index contributed by atoms with van der Waals surface area (Å²) in [6, 6.07) is 0. The zero-order chi connectivity index (χ0) is 16.2. The molecule has 0 spiro atoms. The molecule has 0 amide bonds. The minimum absolute atomic E-state index is 0.0796. The van der Waals surface area contributed by atoms with Crippen LogP contribution in [0.3, 0.4) is 0 Å². The third-order valence-electron chi connectivity index (χ3n) is 8.51. The molecule has 1 nitrogen and oxygen atoms in total. The molecule has 0 aromatic carbocycles. The van der Waals surface area contributed by atoms with E-state index in [1.165, 1.54) is 44.9 Å². The zero-order valence-electron chi connectivity index (χ0n) is 15.3. The van der Waals surface area contributed by atoms with E-state index in [2.05, 4.69) is 32.9 Å². The lowest BCUT2D eigenvalue weighted by atomic mass is 9.44. The summed E-state index contributed by atoms with van der Waals surface area (Å²) in [5.41, 5.74) is 4.22. The van der Waals surface area contributed by atoms with E-state index in [1.807, 2.05) is 0 Å². The first-order chi connectivity index (χ1) is 11.0. The van der Waals surface area contributed by atoms with Gasteiger partial charge in [-0.2, -0.15) is 0 Å². The van der Waals surface area contributed by atoms with Gasteiger partial charge < -0.3 is 5.11 Å². The van der Waals surface area contributed by atoms with Crippen molar-refractivity contribution in [3.8, 4) is 0 Å². The van der Waals surface area contributed by atoms with Gasteiger partial charge in [0.25, 0.3) is 0 Å². The highest BCUT2D eigenvalue weighted by Crippen LogP contribution is 2.64. The minimum atomic E-state index is -0.0796. The fourth-order valence-corrected chi connectivity index (χ4v) is 7.17. The predicted molar refractivity (Wildman–Crippen MR) is 96.1 cm³/mol. The van der Waals surface area contributed by atoms with E-state index >= 15 is 0 Å². The quantitative estimate of drug-likeness (QED) is 0.573. The number of aliphatic hydroxyl groups excluding tert-OH is 1. The fraction of sp³-hybridized carbons (Fsp3) is 0.818. The van der Waals surface area contributed by atoms with E-state index in [0.717, 1.165) is 30.6 Å². The number of hydrogen-bond donors (Lipinski definition) is 1. The number of allylic oxidation sites excluding steroid dienone is 3. The lowest BCUT2D eigenvalue weighted by molar-refractivity contribution is -0.0480. The van der Waals surface area contributed by atoms with E-state index in [1.54, 1.807) is 11.1 Å². The molecule has 1 heteroatoms. The van der Waals surface area contributed by atoms with Gasteiger partial charge in [-0.05, 0) is 93.3 Å². The number of hydrogen-bond acceptors (Lipinski definition) is 1. The maximum atomic E-state index is 10.1. The summed E-state index contributed by atoms with van der Waals surface area (Å²) in [5.74, 6) is 2.64. The second-order valence-electron chi connectivity index (χ2n) is 9.32. The summed E-state index contributed by atoms with van der Waals surface area (Å²) in [5, 5.41) is 10.1. The van der Waals surface area contributed by atoms with Crippen LogP contribution in [0.2, 0.25) is 0 Å². The van der Waals surface area contributed by atoms with Crippen LogP contribution in [-0.4, -0.2) is 11.2 Å². The lowest BCUT2D eigenvalue weighted by Crippen LogP contribution is -2.52. The summed E-state index contributed by atoms with van der Waals surface area (Å²) >= 11 is 0. The Morgan fingerprint density at radius 2 is 1.83 bits per heavy atom. The molecule has 4 aliphatic carbocycles. The van der Waals surface area contributed by atoms with Crippen molar-refractivity contribution < 1.29 is 5.11 Å².